The highest BCUT2D eigenvalue weighted by Gasteiger charge is 2.32. The van der Waals surface area contributed by atoms with Gasteiger partial charge in [0, 0.05) is 19.6 Å². The van der Waals surface area contributed by atoms with Crippen molar-refractivity contribution in [3.05, 3.63) is 0 Å². The van der Waals surface area contributed by atoms with Crippen LogP contribution in [0.5, 0.6) is 0 Å². The van der Waals surface area contributed by atoms with Crippen molar-refractivity contribution >= 4 is 12.0 Å². The third-order valence-corrected chi connectivity index (χ3v) is 2.56. The first-order valence-corrected chi connectivity index (χ1v) is 6.09. The van der Waals surface area contributed by atoms with Crippen LogP contribution in [-0.4, -0.2) is 42.1 Å². The summed E-state index contributed by atoms with van der Waals surface area (Å²) in [5.74, 6) is -0.0685. The lowest BCUT2D eigenvalue weighted by atomic mass is 10.1. The second kappa shape index (κ2) is 5.38. The number of nitrogens with zero attached hydrogens (tertiary/aromatic N) is 1. The van der Waals surface area contributed by atoms with Crippen molar-refractivity contribution in [1.82, 2.24) is 10.2 Å². The fraction of sp³-hybridized carbons (Fsp3) is 0.833. The topological polar surface area (TPSA) is 58.6 Å². The molecule has 0 spiro atoms. The molecule has 1 heterocycles. The Kier molecular flexibility index (Phi) is 4.37. The molecule has 0 aromatic rings. The molecular weight excluding hydrogens is 220 g/mol. The van der Waals surface area contributed by atoms with Gasteiger partial charge in [-0.15, -0.1) is 0 Å². The minimum absolute atomic E-state index is 0.0264. The largest absolute Gasteiger partial charge is 0.444 e. The van der Waals surface area contributed by atoms with Crippen LogP contribution in [0.1, 0.15) is 34.1 Å². The average molecular weight is 242 g/mol. The van der Waals surface area contributed by atoms with Crippen molar-refractivity contribution in [2.45, 2.75) is 39.7 Å². The van der Waals surface area contributed by atoms with E-state index in [1.54, 1.807) is 4.90 Å². The normalized spacial score (nSPS) is 20.2. The Labute approximate surface area is 102 Å². The first-order valence-electron chi connectivity index (χ1n) is 6.09. The summed E-state index contributed by atoms with van der Waals surface area (Å²) >= 11 is 0. The summed E-state index contributed by atoms with van der Waals surface area (Å²) in [6, 6.07) is 0. The number of nitrogens with one attached hydrogen (secondary N) is 1. The Balaban J connectivity index is 2.45. The van der Waals surface area contributed by atoms with Crippen LogP contribution in [0.2, 0.25) is 0 Å². The smallest absolute Gasteiger partial charge is 0.410 e. The van der Waals surface area contributed by atoms with Crippen molar-refractivity contribution in [1.29, 1.82) is 0 Å². The van der Waals surface area contributed by atoms with Gasteiger partial charge < -0.3 is 15.0 Å². The zero-order valence-corrected chi connectivity index (χ0v) is 11.1. The van der Waals surface area contributed by atoms with E-state index in [0.717, 1.165) is 0 Å². The van der Waals surface area contributed by atoms with Gasteiger partial charge in [-0.1, -0.05) is 0 Å². The van der Waals surface area contributed by atoms with E-state index in [-0.39, 0.29) is 17.9 Å². The van der Waals surface area contributed by atoms with Crippen molar-refractivity contribution in [3.63, 3.8) is 0 Å². The van der Waals surface area contributed by atoms with Crippen LogP contribution in [0.3, 0.4) is 0 Å². The molecule has 5 nitrogen and oxygen atoms in total. The zero-order valence-electron chi connectivity index (χ0n) is 11.1. The van der Waals surface area contributed by atoms with E-state index in [9.17, 15) is 9.59 Å². The van der Waals surface area contributed by atoms with Gasteiger partial charge in [0.05, 0.1) is 5.92 Å². The highest BCUT2D eigenvalue weighted by Crippen LogP contribution is 2.19. The highest BCUT2D eigenvalue weighted by atomic mass is 16.6. The quantitative estimate of drug-likeness (QED) is 0.796. The molecule has 0 aromatic carbocycles. The lowest BCUT2D eigenvalue weighted by molar-refractivity contribution is -0.124. The van der Waals surface area contributed by atoms with E-state index in [0.29, 0.717) is 26.1 Å². The molecule has 98 valence electrons. The summed E-state index contributed by atoms with van der Waals surface area (Å²) in [6.45, 7) is 9.07. The van der Waals surface area contributed by atoms with E-state index in [2.05, 4.69) is 5.32 Å². The van der Waals surface area contributed by atoms with Gasteiger partial charge in [-0.25, -0.2) is 4.79 Å². The van der Waals surface area contributed by atoms with Crippen molar-refractivity contribution < 1.29 is 14.3 Å². The zero-order chi connectivity index (χ0) is 13.1. The molecule has 2 amide bonds. The van der Waals surface area contributed by atoms with Gasteiger partial charge in [0.15, 0.2) is 0 Å². The molecule has 1 rings (SSSR count). The second-order valence-corrected chi connectivity index (χ2v) is 5.31. The third-order valence-electron chi connectivity index (χ3n) is 2.56. The van der Waals surface area contributed by atoms with Crippen molar-refractivity contribution in [2.24, 2.45) is 5.92 Å². The van der Waals surface area contributed by atoms with Crippen LogP contribution in [0.15, 0.2) is 0 Å². The molecule has 1 N–H and O–H groups in total. The van der Waals surface area contributed by atoms with Gasteiger partial charge in [0.2, 0.25) is 5.91 Å². The minimum Gasteiger partial charge on any atom is -0.444 e. The van der Waals surface area contributed by atoms with Gasteiger partial charge in [-0.3, -0.25) is 4.79 Å². The van der Waals surface area contributed by atoms with Gasteiger partial charge in [0.25, 0.3) is 0 Å². The number of carbonyl (C=O) groups is 2. The average Bonchev–Trinajstić information content (AvgIpc) is 2.63. The molecule has 0 aliphatic carbocycles. The Morgan fingerprint density at radius 1 is 1.41 bits per heavy atom. The van der Waals surface area contributed by atoms with Crippen molar-refractivity contribution in [3.8, 4) is 0 Å². The molecule has 0 aromatic heterocycles. The molecule has 0 bridgehead atoms. The summed E-state index contributed by atoms with van der Waals surface area (Å²) in [7, 11) is 0. The van der Waals surface area contributed by atoms with Crippen LogP contribution in [0.25, 0.3) is 0 Å². The predicted octanol–water partition coefficient (Wildman–Crippen LogP) is 1.38. The Morgan fingerprint density at radius 3 is 2.59 bits per heavy atom. The monoisotopic (exact) mass is 242 g/mol. The highest BCUT2D eigenvalue weighted by molar-refractivity contribution is 5.80. The number of carbonyl (C=O) groups excluding carboxylic acids is 2. The Bertz CT molecular complexity index is 297. The fourth-order valence-electron chi connectivity index (χ4n) is 1.79. The summed E-state index contributed by atoms with van der Waals surface area (Å²) in [6.07, 6.45) is 0.384. The molecule has 1 fully saturated rings. The summed E-state index contributed by atoms with van der Waals surface area (Å²) in [4.78, 5) is 25.0. The molecular formula is C12H22N2O3. The van der Waals surface area contributed by atoms with Crippen LogP contribution in [-0.2, 0) is 9.53 Å². The lowest BCUT2D eigenvalue weighted by Crippen LogP contribution is -2.37. The van der Waals surface area contributed by atoms with Crippen LogP contribution in [0.4, 0.5) is 4.79 Å². The number of ether oxygens (including phenoxy) is 1. The third kappa shape index (κ3) is 4.24. The Morgan fingerprint density at radius 2 is 2.06 bits per heavy atom. The molecule has 0 saturated carbocycles. The first kappa shape index (κ1) is 13.8. The molecule has 5 heteroatoms. The number of amides is 2. The maximum atomic E-state index is 11.8. The van der Waals surface area contributed by atoms with Gasteiger partial charge in [-0.2, -0.15) is 0 Å². The fourth-order valence-corrected chi connectivity index (χ4v) is 1.79. The number of rotatable bonds is 2. The predicted molar refractivity (Wildman–Crippen MR) is 64.6 cm³/mol. The van der Waals surface area contributed by atoms with E-state index in [4.69, 9.17) is 4.74 Å². The molecule has 1 atom stereocenters. The molecule has 1 aliphatic rings. The van der Waals surface area contributed by atoms with Gasteiger partial charge in [-0.05, 0) is 34.1 Å². The summed E-state index contributed by atoms with van der Waals surface area (Å²) in [5, 5.41) is 2.78. The second-order valence-electron chi connectivity index (χ2n) is 5.31. The van der Waals surface area contributed by atoms with E-state index < -0.39 is 5.60 Å². The van der Waals surface area contributed by atoms with Gasteiger partial charge in [0.1, 0.15) is 5.60 Å². The number of hydrogen-bond donors (Lipinski definition) is 1. The minimum atomic E-state index is -0.485. The standard InChI is InChI=1S/C12H22N2O3/c1-5-13-10(15)9-6-7-14(8-9)11(16)17-12(2,3)4/h9H,5-8H2,1-4H3,(H,13,15). The van der Waals surface area contributed by atoms with Crippen LogP contribution in [0, 0.1) is 5.92 Å². The van der Waals surface area contributed by atoms with E-state index in [1.807, 2.05) is 27.7 Å². The van der Waals surface area contributed by atoms with Crippen molar-refractivity contribution in [2.75, 3.05) is 19.6 Å². The molecule has 17 heavy (non-hydrogen) atoms. The number of hydrogen-bond acceptors (Lipinski definition) is 3. The SMILES string of the molecule is CCNC(=O)C1CCN(C(=O)OC(C)(C)C)C1. The molecule has 1 aliphatic heterocycles. The summed E-state index contributed by atoms with van der Waals surface area (Å²) in [5.41, 5.74) is -0.485. The number of likely N-dealkylation sites (tertiary alicyclic amines) is 1. The molecule has 0 radical (unpaired) electrons. The van der Waals surface area contributed by atoms with E-state index >= 15 is 0 Å². The Hall–Kier alpha value is -1.26. The first-order chi connectivity index (χ1) is 7.83. The summed E-state index contributed by atoms with van der Waals surface area (Å²) < 4.78 is 5.26. The van der Waals surface area contributed by atoms with Crippen LogP contribution >= 0.6 is 0 Å². The maximum Gasteiger partial charge on any atom is 0.410 e. The maximum absolute atomic E-state index is 11.8. The van der Waals surface area contributed by atoms with Crippen LogP contribution < -0.4 is 5.32 Å². The molecule has 1 saturated heterocycles. The lowest BCUT2D eigenvalue weighted by Gasteiger charge is -2.24. The van der Waals surface area contributed by atoms with E-state index in [1.165, 1.54) is 0 Å². The molecule has 1 unspecified atom stereocenters. The van der Waals surface area contributed by atoms with Gasteiger partial charge >= 0.3 is 6.09 Å².